The highest BCUT2D eigenvalue weighted by Gasteiger charge is 2.02. The lowest BCUT2D eigenvalue weighted by atomic mass is 10.3. The fourth-order valence-electron chi connectivity index (χ4n) is 1.83. The largest absolute Gasteiger partial charge is 0.356 e. The molecule has 0 amide bonds. The van der Waals surface area contributed by atoms with Crippen molar-refractivity contribution in [1.82, 2.24) is 20.6 Å². The number of aryl methyl sites for hydroxylation is 1. The van der Waals surface area contributed by atoms with Crippen molar-refractivity contribution in [3.05, 3.63) is 45.1 Å². The van der Waals surface area contributed by atoms with Gasteiger partial charge in [-0.3, -0.25) is 4.99 Å². The van der Waals surface area contributed by atoms with Gasteiger partial charge in [-0.1, -0.05) is 24.6 Å². The molecule has 2 N–H and O–H groups in total. The number of nitrogens with zero attached hydrogens (tertiary/aromatic N) is 3. The van der Waals surface area contributed by atoms with E-state index in [9.17, 15) is 0 Å². The molecule has 2 heterocycles. The predicted octanol–water partition coefficient (Wildman–Crippen LogP) is 2.66. The van der Waals surface area contributed by atoms with Gasteiger partial charge in [-0.2, -0.15) is 0 Å². The number of nitrogens with one attached hydrogen (secondary N) is 2. The third-order valence-corrected chi connectivity index (χ3v) is 4.48. The smallest absolute Gasteiger partial charge is 0.191 e. The first-order chi connectivity index (χ1) is 10.7. The zero-order valence-corrected chi connectivity index (χ0v) is 14.3. The van der Waals surface area contributed by atoms with Crippen LogP contribution >= 0.6 is 22.9 Å². The Hall–Kier alpha value is -1.66. The van der Waals surface area contributed by atoms with Gasteiger partial charge in [0.15, 0.2) is 5.96 Å². The second-order valence-electron chi connectivity index (χ2n) is 4.67. The van der Waals surface area contributed by atoms with E-state index in [1.165, 1.54) is 4.88 Å². The summed E-state index contributed by atoms with van der Waals surface area (Å²) in [4.78, 5) is 14.0. The summed E-state index contributed by atoms with van der Waals surface area (Å²) in [6.45, 7) is 3.60. The Labute approximate surface area is 139 Å². The van der Waals surface area contributed by atoms with E-state index in [4.69, 9.17) is 11.6 Å². The summed E-state index contributed by atoms with van der Waals surface area (Å²) in [5.74, 6) is 0.766. The summed E-state index contributed by atoms with van der Waals surface area (Å²) in [5, 5.41) is 8.19. The summed E-state index contributed by atoms with van der Waals surface area (Å²) in [6, 6.07) is 3.72. The van der Waals surface area contributed by atoms with E-state index in [0.29, 0.717) is 11.7 Å². The Morgan fingerprint density at radius 2 is 2.14 bits per heavy atom. The minimum absolute atomic E-state index is 0.501. The number of hydrogen-bond acceptors (Lipinski definition) is 4. The van der Waals surface area contributed by atoms with Crippen molar-refractivity contribution in [3.63, 3.8) is 0 Å². The minimum Gasteiger partial charge on any atom is -0.356 e. The molecule has 0 atom stereocenters. The second-order valence-corrected chi connectivity index (χ2v) is 6.25. The second kappa shape index (κ2) is 8.70. The summed E-state index contributed by atoms with van der Waals surface area (Å²) < 4.78 is 0. The standard InChI is InChI=1S/C15H20ClN5S/c1-3-12-10-20-14(22-12)6-7-18-15(17-2)21-9-11-4-5-13(16)19-8-11/h4-5,8,10H,3,6-7,9H2,1-2H3,(H2,17,18,21). The fraction of sp³-hybridized carbons (Fsp3) is 0.400. The molecule has 2 aromatic rings. The van der Waals surface area contributed by atoms with Crippen molar-refractivity contribution >= 4 is 28.9 Å². The Balaban J connectivity index is 1.74. The lowest BCUT2D eigenvalue weighted by Crippen LogP contribution is -2.37. The monoisotopic (exact) mass is 337 g/mol. The van der Waals surface area contributed by atoms with Crippen molar-refractivity contribution < 1.29 is 0 Å². The van der Waals surface area contributed by atoms with Crippen molar-refractivity contribution in [2.24, 2.45) is 4.99 Å². The van der Waals surface area contributed by atoms with E-state index in [1.807, 2.05) is 12.3 Å². The molecule has 0 spiro atoms. The number of rotatable bonds is 6. The summed E-state index contributed by atoms with van der Waals surface area (Å²) in [6.07, 6.45) is 5.66. The molecule has 0 saturated carbocycles. The number of halogens is 1. The molecule has 0 saturated heterocycles. The van der Waals surface area contributed by atoms with E-state index in [1.54, 1.807) is 30.6 Å². The first-order valence-electron chi connectivity index (χ1n) is 7.19. The average Bonchev–Trinajstić information content (AvgIpc) is 3.00. The third-order valence-electron chi connectivity index (χ3n) is 3.05. The molecule has 22 heavy (non-hydrogen) atoms. The van der Waals surface area contributed by atoms with Crippen LogP contribution in [0.15, 0.2) is 29.5 Å². The van der Waals surface area contributed by atoms with Crippen LogP contribution in [0, 0.1) is 0 Å². The van der Waals surface area contributed by atoms with Crippen molar-refractivity contribution in [3.8, 4) is 0 Å². The minimum atomic E-state index is 0.501. The normalized spacial score (nSPS) is 11.5. The summed E-state index contributed by atoms with van der Waals surface area (Å²) >= 11 is 7.54. The van der Waals surface area contributed by atoms with Crippen molar-refractivity contribution in [2.45, 2.75) is 26.3 Å². The van der Waals surface area contributed by atoms with Gasteiger partial charge < -0.3 is 10.6 Å². The van der Waals surface area contributed by atoms with Crippen LogP contribution in [0.4, 0.5) is 0 Å². The van der Waals surface area contributed by atoms with Gasteiger partial charge in [0.25, 0.3) is 0 Å². The lowest BCUT2D eigenvalue weighted by Gasteiger charge is -2.11. The van der Waals surface area contributed by atoms with E-state index in [0.717, 1.165) is 35.9 Å². The Morgan fingerprint density at radius 1 is 1.27 bits per heavy atom. The predicted molar refractivity (Wildman–Crippen MR) is 92.6 cm³/mol. The molecule has 2 rings (SSSR count). The van der Waals surface area contributed by atoms with E-state index in [-0.39, 0.29) is 0 Å². The van der Waals surface area contributed by atoms with Crippen LogP contribution in [0.3, 0.4) is 0 Å². The van der Waals surface area contributed by atoms with Gasteiger partial charge in [0, 0.05) is 43.8 Å². The number of thiazole rings is 1. The Morgan fingerprint density at radius 3 is 2.77 bits per heavy atom. The van der Waals surface area contributed by atoms with Gasteiger partial charge in [-0.15, -0.1) is 11.3 Å². The topological polar surface area (TPSA) is 62.2 Å². The van der Waals surface area contributed by atoms with Gasteiger partial charge in [-0.05, 0) is 18.1 Å². The van der Waals surface area contributed by atoms with Crippen LogP contribution < -0.4 is 10.6 Å². The molecule has 5 nitrogen and oxygen atoms in total. The zero-order valence-electron chi connectivity index (χ0n) is 12.8. The van der Waals surface area contributed by atoms with Crippen LogP contribution in [0.5, 0.6) is 0 Å². The molecule has 7 heteroatoms. The lowest BCUT2D eigenvalue weighted by molar-refractivity contribution is 0.790. The molecule has 0 unspecified atom stereocenters. The third kappa shape index (κ3) is 5.27. The highest BCUT2D eigenvalue weighted by Crippen LogP contribution is 2.13. The summed E-state index contributed by atoms with van der Waals surface area (Å²) in [5.41, 5.74) is 1.06. The molecule has 2 aromatic heterocycles. The SMILES string of the molecule is CCc1cnc(CCNC(=NC)NCc2ccc(Cl)nc2)s1. The number of guanidine groups is 1. The maximum absolute atomic E-state index is 5.77. The molecular weight excluding hydrogens is 318 g/mol. The Bertz CT molecular complexity index is 609. The van der Waals surface area contributed by atoms with Gasteiger partial charge in [-0.25, -0.2) is 9.97 Å². The van der Waals surface area contributed by atoms with Crippen LogP contribution in [0.2, 0.25) is 5.15 Å². The van der Waals surface area contributed by atoms with E-state index < -0.39 is 0 Å². The number of aliphatic imine (C=N–C) groups is 1. The molecule has 0 fully saturated rings. The Kier molecular flexibility index (Phi) is 6.61. The highest BCUT2D eigenvalue weighted by atomic mass is 35.5. The van der Waals surface area contributed by atoms with E-state index in [2.05, 4.69) is 32.5 Å². The van der Waals surface area contributed by atoms with Gasteiger partial charge >= 0.3 is 0 Å². The zero-order chi connectivity index (χ0) is 15.8. The molecule has 0 aliphatic rings. The van der Waals surface area contributed by atoms with Crippen molar-refractivity contribution in [2.75, 3.05) is 13.6 Å². The van der Waals surface area contributed by atoms with Crippen LogP contribution in [0.1, 0.15) is 22.4 Å². The molecule has 0 radical (unpaired) electrons. The number of aromatic nitrogens is 2. The molecule has 118 valence electrons. The number of pyridine rings is 1. The molecule has 0 aliphatic heterocycles. The fourth-order valence-corrected chi connectivity index (χ4v) is 2.81. The van der Waals surface area contributed by atoms with Crippen LogP contribution in [-0.2, 0) is 19.4 Å². The van der Waals surface area contributed by atoms with Crippen LogP contribution in [0.25, 0.3) is 0 Å². The first kappa shape index (κ1) is 16.7. The molecule has 0 aromatic carbocycles. The maximum atomic E-state index is 5.77. The summed E-state index contributed by atoms with van der Waals surface area (Å²) in [7, 11) is 1.76. The van der Waals surface area contributed by atoms with Crippen LogP contribution in [-0.4, -0.2) is 29.5 Å². The van der Waals surface area contributed by atoms with Gasteiger partial charge in [0.2, 0.25) is 0 Å². The maximum Gasteiger partial charge on any atom is 0.191 e. The highest BCUT2D eigenvalue weighted by molar-refractivity contribution is 7.11. The molecule has 0 bridgehead atoms. The van der Waals surface area contributed by atoms with E-state index >= 15 is 0 Å². The average molecular weight is 338 g/mol. The van der Waals surface area contributed by atoms with Gasteiger partial charge in [0.05, 0.1) is 5.01 Å². The molecular formula is C15H20ClN5S. The van der Waals surface area contributed by atoms with Crippen molar-refractivity contribution in [1.29, 1.82) is 0 Å². The van der Waals surface area contributed by atoms with Gasteiger partial charge in [0.1, 0.15) is 5.15 Å². The first-order valence-corrected chi connectivity index (χ1v) is 8.39. The molecule has 0 aliphatic carbocycles. The quantitative estimate of drug-likeness (QED) is 0.483. The number of hydrogen-bond donors (Lipinski definition) is 2.